The molecule has 1 N–H and O–H groups in total. The number of halogens is 3. The van der Waals surface area contributed by atoms with Crippen LogP contribution in [0.5, 0.6) is 11.5 Å². The molecule has 1 aliphatic rings. The molecule has 3 nitrogen and oxygen atoms in total. The van der Waals surface area contributed by atoms with E-state index in [9.17, 15) is 13.9 Å². The Kier molecular flexibility index (Phi) is 3.69. The number of hydrogen-bond donors (Lipinski definition) is 1. The van der Waals surface area contributed by atoms with Gasteiger partial charge in [-0.05, 0) is 35.4 Å². The predicted octanol–water partition coefficient (Wildman–Crippen LogP) is 3.47. The topological polar surface area (TPSA) is 38.7 Å². The molecule has 0 radical (unpaired) electrons. The summed E-state index contributed by atoms with van der Waals surface area (Å²) in [7, 11) is 0. The molecule has 3 rings (SSSR count). The van der Waals surface area contributed by atoms with Crippen LogP contribution in [0.25, 0.3) is 0 Å². The molecule has 0 amide bonds. The molecule has 0 aromatic heterocycles. The van der Waals surface area contributed by atoms with Gasteiger partial charge < -0.3 is 14.6 Å². The third-order valence-electron chi connectivity index (χ3n) is 3.14. The van der Waals surface area contributed by atoms with Crippen LogP contribution in [0.2, 0.25) is 5.02 Å². The minimum absolute atomic E-state index is 0.0974. The molecule has 21 heavy (non-hydrogen) atoms. The summed E-state index contributed by atoms with van der Waals surface area (Å²) in [5.74, 6) is -0.704. The van der Waals surface area contributed by atoms with E-state index in [4.69, 9.17) is 21.1 Å². The van der Waals surface area contributed by atoms with Crippen molar-refractivity contribution in [2.45, 2.75) is 6.10 Å². The summed E-state index contributed by atoms with van der Waals surface area (Å²) in [6.07, 6.45) is -1.22. The van der Waals surface area contributed by atoms with E-state index in [0.717, 1.165) is 18.2 Å². The summed E-state index contributed by atoms with van der Waals surface area (Å²) in [5, 5.41) is 10.6. The zero-order valence-corrected chi connectivity index (χ0v) is 11.5. The molecule has 1 atom stereocenters. The van der Waals surface area contributed by atoms with Crippen molar-refractivity contribution in [3.63, 3.8) is 0 Å². The highest BCUT2D eigenvalue weighted by atomic mass is 35.5. The summed E-state index contributed by atoms with van der Waals surface area (Å²) in [6.45, 7) is 0.765. The van der Waals surface area contributed by atoms with Crippen LogP contribution in [0.3, 0.4) is 0 Å². The average molecular weight is 313 g/mol. The Balaban J connectivity index is 2.01. The number of ether oxygens (including phenoxy) is 2. The fourth-order valence-corrected chi connectivity index (χ4v) is 2.49. The first-order valence-electron chi connectivity index (χ1n) is 6.27. The number of aliphatic hydroxyl groups is 1. The minimum atomic E-state index is -1.22. The van der Waals surface area contributed by atoms with Gasteiger partial charge in [0.15, 0.2) is 11.5 Å². The summed E-state index contributed by atoms with van der Waals surface area (Å²) >= 11 is 6.08. The van der Waals surface area contributed by atoms with Crippen LogP contribution in [0, 0.1) is 11.6 Å². The molecule has 0 spiro atoms. The molecule has 0 saturated carbocycles. The van der Waals surface area contributed by atoms with Gasteiger partial charge in [-0.25, -0.2) is 8.78 Å². The monoisotopic (exact) mass is 312 g/mol. The van der Waals surface area contributed by atoms with E-state index in [2.05, 4.69) is 0 Å². The number of rotatable bonds is 2. The van der Waals surface area contributed by atoms with Gasteiger partial charge in [0.1, 0.15) is 31.0 Å². The van der Waals surface area contributed by atoms with Crippen LogP contribution < -0.4 is 9.47 Å². The lowest BCUT2D eigenvalue weighted by atomic mass is 10.0. The molecule has 0 saturated heterocycles. The highest BCUT2D eigenvalue weighted by molar-refractivity contribution is 6.32. The van der Waals surface area contributed by atoms with Crippen molar-refractivity contribution in [3.8, 4) is 11.5 Å². The van der Waals surface area contributed by atoms with Gasteiger partial charge in [-0.15, -0.1) is 0 Å². The van der Waals surface area contributed by atoms with E-state index in [1.165, 1.54) is 6.07 Å². The number of aliphatic hydroxyl groups excluding tert-OH is 1. The molecule has 110 valence electrons. The van der Waals surface area contributed by atoms with Gasteiger partial charge in [0.25, 0.3) is 0 Å². The molecule has 0 bridgehead atoms. The predicted molar refractivity (Wildman–Crippen MR) is 72.9 cm³/mol. The highest BCUT2D eigenvalue weighted by Crippen LogP contribution is 2.40. The Morgan fingerprint density at radius 1 is 0.952 bits per heavy atom. The van der Waals surface area contributed by atoms with Crippen molar-refractivity contribution in [1.29, 1.82) is 0 Å². The summed E-state index contributed by atoms with van der Waals surface area (Å²) < 4.78 is 37.3. The molecule has 2 aromatic carbocycles. The SMILES string of the molecule is OC(c1cc(F)cc(F)c1)c1cc(Cl)c2c(c1)OCCO2. The second-order valence-electron chi connectivity index (χ2n) is 4.63. The number of hydrogen-bond acceptors (Lipinski definition) is 3. The fourth-order valence-electron chi connectivity index (χ4n) is 2.21. The van der Waals surface area contributed by atoms with Crippen molar-refractivity contribution in [1.82, 2.24) is 0 Å². The summed E-state index contributed by atoms with van der Waals surface area (Å²) in [6, 6.07) is 5.92. The maximum atomic E-state index is 13.2. The van der Waals surface area contributed by atoms with Gasteiger partial charge >= 0.3 is 0 Å². The van der Waals surface area contributed by atoms with Crippen molar-refractivity contribution >= 4 is 11.6 Å². The molecule has 1 aliphatic heterocycles. The quantitative estimate of drug-likeness (QED) is 0.923. The Labute approximate surface area is 124 Å². The second-order valence-corrected chi connectivity index (χ2v) is 5.04. The Morgan fingerprint density at radius 3 is 2.29 bits per heavy atom. The van der Waals surface area contributed by atoms with Gasteiger partial charge in [-0.3, -0.25) is 0 Å². The van der Waals surface area contributed by atoms with E-state index in [1.807, 2.05) is 0 Å². The molecular weight excluding hydrogens is 302 g/mol. The molecule has 1 unspecified atom stereocenters. The maximum Gasteiger partial charge on any atom is 0.179 e. The maximum absolute atomic E-state index is 13.2. The van der Waals surface area contributed by atoms with Crippen molar-refractivity contribution in [3.05, 3.63) is 58.1 Å². The lowest BCUT2D eigenvalue weighted by Crippen LogP contribution is -2.16. The van der Waals surface area contributed by atoms with Gasteiger partial charge in [0.2, 0.25) is 0 Å². The van der Waals surface area contributed by atoms with Gasteiger partial charge in [0.05, 0.1) is 5.02 Å². The molecule has 0 fully saturated rings. The molecule has 1 heterocycles. The van der Waals surface area contributed by atoms with Crippen LogP contribution in [-0.4, -0.2) is 18.3 Å². The lowest BCUT2D eigenvalue weighted by molar-refractivity contribution is 0.170. The van der Waals surface area contributed by atoms with Gasteiger partial charge in [-0.1, -0.05) is 11.6 Å². The smallest absolute Gasteiger partial charge is 0.179 e. The standard InChI is InChI=1S/C15H11ClF2O3/c16-12-5-9(6-13-15(12)21-2-1-20-13)14(19)8-3-10(17)7-11(18)4-8/h3-7,14,19H,1-2H2. The second kappa shape index (κ2) is 5.50. The first-order chi connectivity index (χ1) is 10.0. The molecule has 0 aliphatic carbocycles. The first kappa shape index (κ1) is 14.1. The van der Waals surface area contributed by atoms with Crippen molar-refractivity contribution in [2.75, 3.05) is 13.2 Å². The van der Waals surface area contributed by atoms with Crippen LogP contribution in [0.1, 0.15) is 17.2 Å². The third-order valence-corrected chi connectivity index (χ3v) is 3.42. The van der Waals surface area contributed by atoms with Crippen LogP contribution in [-0.2, 0) is 0 Å². The van der Waals surface area contributed by atoms with E-state index >= 15 is 0 Å². The highest BCUT2D eigenvalue weighted by Gasteiger charge is 2.21. The van der Waals surface area contributed by atoms with Gasteiger partial charge in [0, 0.05) is 6.07 Å². The summed E-state index contributed by atoms with van der Waals surface area (Å²) in [4.78, 5) is 0. The lowest BCUT2D eigenvalue weighted by Gasteiger charge is -2.21. The molecular formula is C15H11ClF2O3. The fraction of sp³-hybridized carbons (Fsp3) is 0.200. The Morgan fingerprint density at radius 2 is 1.57 bits per heavy atom. The van der Waals surface area contributed by atoms with Crippen LogP contribution >= 0.6 is 11.6 Å². The van der Waals surface area contributed by atoms with E-state index in [0.29, 0.717) is 30.3 Å². The average Bonchev–Trinajstić information content (AvgIpc) is 2.45. The summed E-state index contributed by atoms with van der Waals surface area (Å²) in [5.41, 5.74) is 0.467. The van der Waals surface area contributed by atoms with Crippen molar-refractivity contribution < 1.29 is 23.4 Å². The Hall–Kier alpha value is -1.85. The van der Waals surface area contributed by atoms with E-state index < -0.39 is 17.7 Å². The molecule has 6 heteroatoms. The first-order valence-corrected chi connectivity index (χ1v) is 6.65. The number of benzene rings is 2. The van der Waals surface area contributed by atoms with E-state index in [-0.39, 0.29) is 10.6 Å². The van der Waals surface area contributed by atoms with Crippen LogP contribution in [0.15, 0.2) is 30.3 Å². The molecule has 2 aromatic rings. The van der Waals surface area contributed by atoms with Gasteiger partial charge in [-0.2, -0.15) is 0 Å². The zero-order valence-electron chi connectivity index (χ0n) is 10.8. The third kappa shape index (κ3) is 2.80. The largest absolute Gasteiger partial charge is 0.486 e. The normalized spacial score (nSPS) is 14.9. The van der Waals surface area contributed by atoms with Crippen molar-refractivity contribution in [2.24, 2.45) is 0 Å². The zero-order chi connectivity index (χ0) is 15.0. The Bertz CT molecular complexity index is 671. The van der Waals surface area contributed by atoms with E-state index in [1.54, 1.807) is 6.07 Å². The minimum Gasteiger partial charge on any atom is -0.486 e. The number of fused-ring (bicyclic) bond motifs is 1. The van der Waals surface area contributed by atoms with Crippen LogP contribution in [0.4, 0.5) is 8.78 Å².